The van der Waals surface area contributed by atoms with Gasteiger partial charge in [-0.3, -0.25) is 9.69 Å². The van der Waals surface area contributed by atoms with Gasteiger partial charge in [0.2, 0.25) is 0 Å². The minimum Gasteiger partial charge on any atom is -0.497 e. The minimum atomic E-state index is -0.0817. The largest absolute Gasteiger partial charge is 0.497 e. The maximum Gasteiger partial charge on any atom is 0.254 e. The summed E-state index contributed by atoms with van der Waals surface area (Å²) in [6, 6.07) is 10.0. The van der Waals surface area contributed by atoms with Crippen LogP contribution in [0.4, 0.5) is 0 Å². The van der Waals surface area contributed by atoms with E-state index < -0.39 is 0 Å². The van der Waals surface area contributed by atoms with Gasteiger partial charge < -0.3 is 14.5 Å². The van der Waals surface area contributed by atoms with E-state index in [9.17, 15) is 4.79 Å². The lowest BCUT2D eigenvalue weighted by atomic mass is 10.0. The molecule has 0 bridgehead atoms. The Bertz CT molecular complexity index is 687. The van der Waals surface area contributed by atoms with Crippen LogP contribution in [0.25, 0.3) is 0 Å². The molecule has 1 N–H and O–H groups in total. The monoisotopic (exact) mass is 342 g/mol. The lowest BCUT2D eigenvalue weighted by molar-refractivity contribution is 0.0923. The fraction of sp³-hybridized carbons (Fsp3) is 0.450. The number of nitrogens with zero attached hydrogens (tertiary/aromatic N) is 1. The van der Waals surface area contributed by atoms with Crippen molar-refractivity contribution in [2.24, 2.45) is 0 Å². The SMILES string of the molecule is COc1ccc(C(CNC(=O)c2ccoc2C)N2CCCCC2)cc1. The van der Waals surface area contributed by atoms with Crippen LogP contribution in [-0.4, -0.2) is 37.6 Å². The smallest absolute Gasteiger partial charge is 0.254 e. The van der Waals surface area contributed by atoms with Crippen molar-refractivity contribution in [1.29, 1.82) is 0 Å². The van der Waals surface area contributed by atoms with E-state index in [2.05, 4.69) is 22.3 Å². The number of likely N-dealkylation sites (tertiary alicyclic amines) is 1. The Hall–Kier alpha value is -2.27. The van der Waals surface area contributed by atoms with Crippen LogP contribution >= 0.6 is 0 Å². The number of methoxy groups -OCH3 is 1. The minimum absolute atomic E-state index is 0.0817. The van der Waals surface area contributed by atoms with Gasteiger partial charge in [0, 0.05) is 6.54 Å². The molecule has 0 saturated carbocycles. The predicted octanol–water partition coefficient (Wildman–Crippen LogP) is 3.55. The molecule has 5 nitrogen and oxygen atoms in total. The Morgan fingerprint density at radius 3 is 2.52 bits per heavy atom. The Balaban J connectivity index is 1.73. The molecule has 1 aliphatic heterocycles. The molecule has 1 aliphatic rings. The Morgan fingerprint density at radius 2 is 1.92 bits per heavy atom. The summed E-state index contributed by atoms with van der Waals surface area (Å²) in [7, 11) is 1.67. The van der Waals surface area contributed by atoms with Crippen molar-refractivity contribution >= 4 is 5.91 Å². The lowest BCUT2D eigenvalue weighted by Crippen LogP contribution is -2.40. The molecule has 0 aliphatic carbocycles. The van der Waals surface area contributed by atoms with Gasteiger partial charge in [-0.25, -0.2) is 0 Å². The molecule has 1 saturated heterocycles. The van der Waals surface area contributed by atoms with Gasteiger partial charge in [-0.1, -0.05) is 18.6 Å². The van der Waals surface area contributed by atoms with Crippen molar-refractivity contribution in [2.45, 2.75) is 32.2 Å². The first-order chi connectivity index (χ1) is 12.2. The average Bonchev–Trinajstić information content (AvgIpc) is 3.09. The molecule has 1 atom stereocenters. The van der Waals surface area contributed by atoms with Crippen molar-refractivity contribution in [2.75, 3.05) is 26.7 Å². The maximum absolute atomic E-state index is 12.4. The number of nitrogens with one attached hydrogen (secondary N) is 1. The second kappa shape index (κ2) is 8.21. The predicted molar refractivity (Wildman–Crippen MR) is 96.9 cm³/mol. The number of benzene rings is 1. The first kappa shape index (κ1) is 17.5. The molecular weight excluding hydrogens is 316 g/mol. The number of hydrogen-bond donors (Lipinski definition) is 1. The third kappa shape index (κ3) is 4.23. The van der Waals surface area contributed by atoms with Gasteiger partial charge in [-0.15, -0.1) is 0 Å². The number of carbonyl (C=O) groups excluding carboxylic acids is 1. The Kier molecular flexibility index (Phi) is 5.76. The molecular formula is C20H26N2O3. The van der Waals surface area contributed by atoms with Crippen LogP contribution in [0.5, 0.6) is 5.75 Å². The highest BCUT2D eigenvalue weighted by Gasteiger charge is 2.23. The van der Waals surface area contributed by atoms with Gasteiger partial charge in [0.25, 0.3) is 5.91 Å². The van der Waals surface area contributed by atoms with Gasteiger partial charge in [-0.05, 0) is 56.6 Å². The van der Waals surface area contributed by atoms with Crippen molar-refractivity contribution < 1.29 is 13.9 Å². The highest BCUT2D eigenvalue weighted by Crippen LogP contribution is 2.26. The summed E-state index contributed by atoms with van der Waals surface area (Å²) in [5, 5.41) is 3.08. The van der Waals surface area contributed by atoms with Crippen LogP contribution in [0.1, 0.15) is 47.0 Å². The molecule has 25 heavy (non-hydrogen) atoms. The number of hydrogen-bond acceptors (Lipinski definition) is 4. The number of piperidine rings is 1. The molecule has 1 unspecified atom stereocenters. The van der Waals surface area contributed by atoms with Crippen LogP contribution in [0.15, 0.2) is 41.0 Å². The van der Waals surface area contributed by atoms with Gasteiger partial charge in [0.05, 0.1) is 25.0 Å². The number of amides is 1. The Morgan fingerprint density at radius 1 is 1.20 bits per heavy atom. The van der Waals surface area contributed by atoms with Crippen LogP contribution in [-0.2, 0) is 0 Å². The van der Waals surface area contributed by atoms with Gasteiger partial charge in [0.15, 0.2) is 0 Å². The third-order valence-corrected chi connectivity index (χ3v) is 4.89. The molecule has 1 fully saturated rings. The number of aryl methyl sites for hydroxylation is 1. The standard InChI is InChI=1S/C20H26N2O3/c1-15-18(10-13-25-15)20(23)21-14-19(22-11-4-3-5-12-22)16-6-8-17(24-2)9-7-16/h6-10,13,19H,3-5,11-12,14H2,1-2H3,(H,21,23). The van der Waals surface area contributed by atoms with Crippen LogP contribution in [0.2, 0.25) is 0 Å². The zero-order valence-electron chi connectivity index (χ0n) is 15.0. The fourth-order valence-corrected chi connectivity index (χ4v) is 3.42. The van der Waals surface area contributed by atoms with Crippen molar-refractivity contribution in [3.63, 3.8) is 0 Å². The quantitative estimate of drug-likeness (QED) is 0.872. The molecule has 2 heterocycles. The van der Waals surface area contributed by atoms with E-state index in [0.717, 1.165) is 18.8 Å². The highest BCUT2D eigenvalue weighted by atomic mass is 16.5. The van der Waals surface area contributed by atoms with Crippen molar-refractivity contribution in [3.8, 4) is 5.75 Å². The molecule has 0 radical (unpaired) electrons. The summed E-state index contributed by atoms with van der Waals surface area (Å²) in [6.45, 7) is 4.52. The second-order valence-corrected chi connectivity index (χ2v) is 6.49. The van der Waals surface area contributed by atoms with Crippen molar-refractivity contribution in [3.05, 3.63) is 53.5 Å². The van der Waals surface area contributed by atoms with E-state index in [-0.39, 0.29) is 11.9 Å². The Labute approximate surface area is 149 Å². The molecule has 0 spiro atoms. The zero-order valence-corrected chi connectivity index (χ0v) is 15.0. The molecule has 1 aromatic heterocycles. The summed E-state index contributed by atoms with van der Waals surface area (Å²) in [4.78, 5) is 14.9. The highest BCUT2D eigenvalue weighted by molar-refractivity contribution is 5.95. The molecule has 1 aromatic carbocycles. The lowest BCUT2D eigenvalue weighted by Gasteiger charge is -2.35. The number of furan rings is 1. The average molecular weight is 342 g/mol. The summed E-state index contributed by atoms with van der Waals surface area (Å²) in [5.41, 5.74) is 1.80. The normalized spacial score (nSPS) is 16.4. The summed E-state index contributed by atoms with van der Waals surface area (Å²) in [5.74, 6) is 1.41. The van der Waals surface area contributed by atoms with Gasteiger partial charge in [0.1, 0.15) is 11.5 Å². The fourth-order valence-electron chi connectivity index (χ4n) is 3.42. The van der Waals surface area contributed by atoms with Crippen LogP contribution in [0, 0.1) is 6.92 Å². The van der Waals surface area contributed by atoms with Gasteiger partial charge in [-0.2, -0.15) is 0 Å². The van der Waals surface area contributed by atoms with E-state index in [0.29, 0.717) is 17.9 Å². The first-order valence-electron chi connectivity index (χ1n) is 8.89. The topological polar surface area (TPSA) is 54.7 Å². The maximum atomic E-state index is 12.4. The third-order valence-electron chi connectivity index (χ3n) is 4.89. The van der Waals surface area contributed by atoms with Gasteiger partial charge >= 0.3 is 0 Å². The second-order valence-electron chi connectivity index (χ2n) is 6.49. The summed E-state index contributed by atoms with van der Waals surface area (Å²) < 4.78 is 10.5. The zero-order chi connectivity index (χ0) is 17.6. The summed E-state index contributed by atoms with van der Waals surface area (Å²) in [6.07, 6.45) is 5.26. The molecule has 2 aromatic rings. The van der Waals surface area contributed by atoms with E-state index >= 15 is 0 Å². The molecule has 1 amide bonds. The molecule has 134 valence electrons. The molecule has 5 heteroatoms. The number of rotatable bonds is 6. The van der Waals surface area contributed by atoms with E-state index in [1.807, 2.05) is 12.1 Å². The van der Waals surface area contributed by atoms with Crippen LogP contribution in [0.3, 0.4) is 0 Å². The molecule has 3 rings (SSSR count). The summed E-state index contributed by atoms with van der Waals surface area (Å²) >= 11 is 0. The number of ether oxygens (including phenoxy) is 1. The van der Waals surface area contributed by atoms with E-state index in [4.69, 9.17) is 9.15 Å². The van der Waals surface area contributed by atoms with E-state index in [1.54, 1.807) is 26.4 Å². The van der Waals surface area contributed by atoms with Crippen molar-refractivity contribution in [1.82, 2.24) is 10.2 Å². The van der Waals surface area contributed by atoms with E-state index in [1.165, 1.54) is 24.8 Å². The first-order valence-corrected chi connectivity index (χ1v) is 8.89. The van der Waals surface area contributed by atoms with Crippen LogP contribution < -0.4 is 10.1 Å². The number of carbonyl (C=O) groups is 1.